The molecule has 1 amide bonds. The summed E-state index contributed by atoms with van der Waals surface area (Å²) in [6, 6.07) is 11.9. The van der Waals surface area contributed by atoms with Crippen LogP contribution in [-0.4, -0.2) is 30.6 Å². The summed E-state index contributed by atoms with van der Waals surface area (Å²) in [6.45, 7) is 0.399. The molecule has 0 unspecified atom stereocenters. The van der Waals surface area contributed by atoms with Gasteiger partial charge in [-0.25, -0.2) is 14.6 Å². The van der Waals surface area contributed by atoms with Crippen LogP contribution in [0.3, 0.4) is 0 Å². The highest BCUT2D eigenvalue weighted by molar-refractivity contribution is 5.84. The van der Waals surface area contributed by atoms with Crippen LogP contribution in [0.15, 0.2) is 61.4 Å². The molecule has 0 atom stereocenters. The van der Waals surface area contributed by atoms with Crippen molar-refractivity contribution in [2.75, 3.05) is 0 Å². The summed E-state index contributed by atoms with van der Waals surface area (Å²) in [4.78, 5) is 23.8. The Bertz CT molecular complexity index is 1020. The highest BCUT2D eigenvalue weighted by Gasteiger charge is 2.10. The number of pyridine rings is 1. The van der Waals surface area contributed by atoms with E-state index in [4.69, 9.17) is 0 Å². The highest BCUT2D eigenvalue weighted by Crippen LogP contribution is 2.19. The molecule has 0 radical (unpaired) electrons. The molecule has 4 rings (SSSR count). The van der Waals surface area contributed by atoms with Crippen LogP contribution in [-0.2, 0) is 17.8 Å². The van der Waals surface area contributed by atoms with Gasteiger partial charge >= 0.3 is 0 Å². The number of carbonyl (C=O) groups excluding carboxylic acids is 1. The molecule has 0 aliphatic heterocycles. The van der Waals surface area contributed by atoms with Crippen molar-refractivity contribution >= 4 is 16.8 Å². The fraction of sp³-hybridized carbons (Fsp3) is 0.158. The van der Waals surface area contributed by atoms with E-state index >= 15 is 0 Å². The molecule has 7 heteroatoms. The molecule has 0 fully saturated rings. The first-order valence-corrected chi connectivity index (χ1v) is 8.42. The molecule has 0 aliphatic rings. The molecule has 130 valence electrons. The van der Waals surface area contributed by atoms with Crippen LogP contribution < -0.4 is 5.32 Å². The Morgan fingerprint density at radius 3 is 2.96 bits per heavy atom. The first kappa shape index (κ1) is 16.0. The molecular formula is C19H18N6O. The first-order valence-electron chi connectivity index (χ1n) is 8.42. The summed E-state index contributed by atoms with van der Waals surface area (Å²) in [5.74, 6) is 0.672. The van der Waals surface area contributed by atoms with Crippen molar-refractivity contribution in [3.05, 3.63) is 72.6 Å². The lowest BCUT2D eigenvalue weighted by atomic mass is 10.1. The van der Waals surface area contributed by atoms with Gasteiger partial charge in [-0.15, -0.1) is 0 Å². The number of aromatic amines is 1. The molecule has 0 bridgehead atoms. The molecule has 0 aliphatic carbocycles. The average Bonchev–Trinajstić information content (AvgIpc) is 3.35. The predicted octanol–water partition coefficient (Wildman–Crippen LogP) is 2.39. The number of benzene rings is 1. The number of hydrogen-bond donors (Lipinski definition) is 2. The number of fused-ring (bicyclic) bond motifs is 1. The van der Waals surface area contributed by atoms with Gasteiger partial charge in [-0.2, -0.15) is 5.10 Å². The van der Waals surface area contributed by atoms with Crippen LogP contribution >= 0.6 is 0 Å². The van der Waals surface area contributed by atoms with Gasteiger partial charge in [0.05, 0.1) is 0 Å². The van der Waals surface area contributed by atoms with Gasteiger partial charge in [0, 0.05) is 41.8 Å². The number of para-hydroxylation sites is 1. The molecular weight excluding hydrogens is 328 g/mol. The first-order chi connectivity index (χ1) is 12.8. The van der Waals surface area contributed by atoms with E-state index in [1.165, 1.54) is 11.7 Å². The van der Waals surface area contributed by atoms with E-state index in [2.05, 4.69) is 31.4 Å². The molecule has 0 spiro atoms. The van der Waals surface area contributed by atoms with E-state index in [0.29, 0.717) is 25.2 Å². The van der Waals surface area contributed by atoms with Crippen molar-refractivity contribution in [1.82, 2.24) is 30.0 Å². The molecule has 4 aromatic rings. The minimum absolute atomic E-state index is 0.00340. The number of rotatable bonds is 6. The normalized spacial score (nSPS) is 10.9. The van der Waals surface area contributed by atoms with Crippen LogP contribution in [0.25, 0.3) is 16.7 Å². The molecule has 7 nitrogen and oxygen atoms in total. The summed E-state index contributed by atoms with van der Waals surface area (Å²) >= 11 is 0. The van der Waals surface area contributed by atoms with E-state index in [9.17, 15) is 4.79 Å². The van der Waals surface area contributed by atoms with Crippen molar-refractivity contribution in [3.63, 3.8) is 0 Å². The molecule has 2 N–H and O–H groups in total. The Morgan fingerprint density at radius 1 is 1.15 bits per heavy atom. The summed E-state index contributed by atoms with van der Waals surface area (Å²) < 4.78 is 1.59. The molecule has 26 heavy (non-hydrogen) atoms. The molecule has 3 aromatic heterocycles. The lowest BCUT2D eigenvalue weighted by Crippen LogP contribution is -2.24. The van der Waals surface area contributed by atoms with Gasteiger partial charge in [-0.05, 0) is 24.1 Å². The van der Waals surface area contributed by atoms with Gasteiger partial charge in [-0.1, -0.05) is 24.3 Å². The largest absolute Gasteiger partial charge is 0.361 e. The van der Waals surface area contributed by atoms with E-state index in [1.54, 1.807) is 17.2 Å². The quantitative estimate of drug-likeness (QED) is 0.561. The second-order valence-electron chi connectivity index (χ2n) is 5.96. The van der Waals surface area contributed by atoms with Gasteiger partial charge in [0.2, 0.25) is 5.91 Å². The third-order valence-electron chi connectivity index (χ3n) is 4.28. The number of carbonyl (C=O) groups is 1. The zero-order valence-electron chi connectivity index (χ0n) is 14.1. The third kappa shape index (κ3) is 3.32. The van der Waals surface area contributed by atoms with E-state index in [1.807, 2.05) is 36.5 Å². The number of nitrogens with zero attached hydrogens (tertiary/aromatic N) is 4. The minimum Gasteiger partial charge on any atom is -0.361 e. The SMILES string of the molecule is O=C(CCc1c[nH]c2ccccc12)NCc1cccnc1-n1cncn1. The maximum atomic E-state index is 12.3. The van der Waals surface area contributed by atoms with Crippen LogP contribution in [0.1, 0.15) is 17.5 Å². The standard InChI is InChI=1S/C19H18N6O/c26-18(8-7-14-10-22-17-6-2-1-5-16(14)17)23-11-15-4-3-9-21-19(15)25-13-20-12-24-25/h1-6,9-10,12-13,22H,7-8,11H2,(H,23,26). The Labute approximate surface area is 150 Å². The number of hydrogen-bond acceptors (Lipinski definition) is 4. The van der Waals surface area contributed by atoms with Gasteiger partial charge in [0.1, 0.15) is 12.7 Å². The number of aromatic nitrogens is 5. The number of nitrogens with one attached hydrogen (secondary N) is 2. The summed E-state index contributed by atoms with van der Waals surface area (Å²) in [6.07, 6.45) is 7.84. The second-order valence-corrected chi connectivity index (χ2v) is 5.96. The van der Waals surface area contributed by atoms with Gasteiger partial charge < -0.3 is 10.3 Å². The van der Waals surface area contributed by atoms with E-state index in [0.717, 1.165) is 16.6 Å². The van der Waals surface area contributed by atoms with Crippen molar-refractivity contribution in [1.29, 1.82) is 0 Å². The number of amides is 1. The van der Waals surface area contributed by atoms with Crippen LogP contribution in [0.5, 0.6) is 0 Å². The molecule has 3 heterocycles. The summed E-state index contributed by atoms with van der Waals surface area (Å²) in [5.41, 5.74) is 3.13. The molecule has 1 aromatic carbocycles. The van der Waals surface area contributed by atoms with Crippen molar-refractivity contribution < 1.29 is 4.79 Å². The minimum atomic E-state index is 0.00340. The van der Waals surface area contributed by atoms with Crippen molar-refractivity contribution in [2.45, 2.75) is 19.4 Å². The summed E-state index contributed by atoms with van der Waals surface area (Å²) in [5, 5.41) is 8.23. The Balaban J connectivity index is 1.38. The second kappa shape index (κ2) is 7.18. The van der Waals surface area contributed by atoms with Crippen LogP contribution in [0.4, 0.5) is 0 Å². The lowest BCUT2D eigenvalue weighted by molar-refractivity contribution is -0.121. The van der Waals surface area contributed by atoms with E-state index in [-0.39, 0.29) is 5.91 Å². The van der Waals surface area contributed by atoms with Crippen LogP contribution in [0, 0.1) is 0 Å². The Hall–Kier alpha value is -3.48. The highest BCUT2D eigenvalue weighted by atomic mass is 16.1. The molecule has 0 saturated carbocycles. The monoisotopic (exact) mass is 346 g/mol. The number of H-pyrrole nitrogens is 1. The van der Waals surface area contributed by atoms with Crippen molar-refractivity contribution in [2.24, 2.45) is 0 Å². The predicted molar refractivity (Wildman–Crippen MR) is 97.6 cm³/mol. The maximum Gasteiger partial charge on any atom is 0.220 e. The van der Waals surface area contributed by atoms with Gasteiger partial charge in [0.25, 0.3) is 0 Å². The van der Waals surface area contributed by atoms with Crippen LogP contribution in [0.2, 0.25) is 0 Å². The lowest BCUT2D eigenvalue weighted by Gasteiger charge is -2.09. The zero-order valence-corrected chi connectivity index (χ0v) is 14.1. The topological polar surface area (TPSA) is 88.5 Å². The smallest absolute Gasteiger partial charge is 0.220 e. The Kier molecular flexibility index (Phi) is 4.42. The fourth-order valence-electron chi connectivity index (χ4n) is 2.96. The average molecular weight is 346 g/mol. The van der Waals surface area contributed by atoms with Crippen molar-refractivity contribution in [3.8, 4) is 5.82 Å². The third-order valence-corrected chi connectivity index (χ3v) is 4.28. The fourth-order valence-corrected chi connectivity index (χ4v) is 2.96. The van der Waals surface area contributed by atoms with Gasteiger partial charge in [0.15, 0.2) is 5.82 Å². The summed E-state index contributed by atoms with van der Waals surface area (Å²) in [7, 11) is 0. The molecule has 0 saturated heterocycles. The number of aryl methyl sites for hydroxylation is 1. The van der Waals surface area contributed by atoms with Gasteiger partial charge in [-0.3, -0.25) is 4.79 Å². The maximum absolute atomic E-state index is 12.3. The zero-order chi connectivity index (χ0) is 17.8. The van der Waals surface area contributed by atoms with E-state index < -0.39 is 0 Å². The Morgan fingerprint density at radius 2 is 2.08 bits per heavy atom.